The van der Waals surface area contributed by atoms with Gasteiger partial charge in [-0.25, -0.2) is 0 Å². The minimum Gasteiger partial charge on any atom is -0.491 e. The summed E-state index contributed by atoms with van der Waals surface area (Å²) >= 11 is 0. The Bertz CT molecular complexity index is 402. The zero-order chi connectivity index (χ0) is 14.5. The lowest BCUT2D eigenvalue weighted by Crippen LogP contribution is -2.42. The highest BCUT2D eigenvalue weighted by Gasteiger charge is 2.27. The summed E-state index contributed by atoms with van der Waals surface area (Å²) in [4.78, 5) is 0. The SMILES string of the molecule is CCC1CCNC(C(O)c2ccc(OC(C)C)cc2)C1. The predicted octanol–water partition coefficient (Wildman–Crippen LogP) is 3.29. The third-order valence-electron chi connectivity index (χ3n) is 4.10. The van der Waals surface area contributed by atoms with E-state index in [1.807, 2.05) is 38.1 Å². The van der Waals surface area contributed by atoms with Gasteiger partial charge in [-0.15, -0.1) is 0 Å². The van der Waals surface area contributed by atoms with Crippen LogP contribution < -0.4 is 10.1 Å². The molecule has 0 aliphatic carbocycles. The number of aliphatic hydroxyl groups excluding tert-OH is 1. The lowest BCUT2D eigenvalue weighted by molar-refractivity contribution is 0.0978. The summed E-state index contributed by atoms with van der Waals surface area (Å²) in [6.45, 7) is 7.27. The van der Waals surface area contributed by atoms with E-state index in [1.54, 1.807) is 0 Å². The van der Waals surface area contributed by atoms with Gasteiger partial charge < -0.3 is 15.2 Å². The van der Waals surface area contributed by atoms with Gasteiger partial charge >= 0.3 is 0 Å². The number of piperidine rings is 1. The van der Waals surface area contributed by atoms with Gasteiger partial charge in [-0.1, -0.05) is 25.5 Å². The van der Waals surface area contributed by atoms with Gasteiger partial charge in [0.1, 0.15) is 5.75 Å². The Morgan fingerprint density at radius 2 is 2.00 bits per heavy atom. The molecule has 1 aromatic carbocycles. The first-order valence-electron chi connectivity index (χ1n) is 7.78. The monoisotopic (exact) mass is 277 g/mol. The number of hydrogen-bond donors (Lipinski definition) is 2. The first-order valence-corrected chi connectivity index (χ1v) is 7.78. The molecule has 1 aromatic rings. The molecular formula is C17H27NO2. The van der Waals surface area contributed by atoms with E-state index in [0.717, 1.165) is 30.2 Å². The van der Waals surface area contributed by atoms with Crippen molar-refractivity contribution >= 4 is 0 Å². The maximum atomic E-state index is 10.5. The number of nitrogens with one attached hydrogen (secondary N) is 1. The largest absolute Gasteiger partial charge is 0.491 e. The number of aliphatic hydroxyl groups is 1. The quantitative estimate of drug-likeness (QED) is 0.868. The Morgan fingerprint density at radius 1 is 1.30 bits per heavy atom. The second kappa shape index (κ2) is 7.09. The minimum atomic E-state index is -0.433. The zero-order valence-electron chi connectivity index (χ0n) is 12.8. The molecule has 112 valence electrons. The van der Waals surface area contributed by atoms with Crippen molar-refractivity contribution in [3.05, 3.63) is 29.8 Å². The predicted molar refractivity (Wildman–Crippen MR) is 82.0 cm³/mol. The maximum absolute atomic E-state index is 10.5. The van der Waals surface area contributed by atoms with Crippen molar-refractivity contribution in [2.45, 2.75) is 58.3 Å². The van der Waals surface area contributed by atoms with Crippen LogP contribution in [0.25, 0.3) is 0 Å². The molecule has 1 saturated heterocycles. The van der Waals surface area contributed by atoms with Crippen LogP contribution in [0.1, 0.15) is 51.7 Å². The van der Waals surface area contributed by atoms with E-state index >= 15 is 0 Å². The third kappa shape index (κ3) is 3.97. The summed E-state index contributed by atoms with van der Waals surface area (Å²) in [6.07, 6.45) is 3.23. The molecule has 0 amide bonds. The van der Waals surface area contributed by atoms with Gasteiger partial charge in [0.25, 0.3) is 0 Å². The average molecular weight is 277 g/mol. The fraction of sp³-hybridized carbons (Fsp3) is 0.647. The molecule has 1 aliphatic rings. The zero-order valence-corrected chi connectivity index (χ0v) is 12.8. The Hall–Kier alpha value is -1.06. The highest BCUT2D eigenvalue weighted by atomic mass is 16.5. The van der Waals surface area contributed by atoms with E-state index in [1.165, 1.54) is 12.8 Å². The summed E-state index contributed by atoms with van der Waals surface area (Å²) in [5, 5.41) is 14.0. The lowest BCUT2D eigenvalue weighted by atomic mass is 9.86. The van der Waals surface area contributed by atoms with E-state index in [-0.39, 0.29) is 12.1 Å². The first-order chi connectivity index (χ1) is 9.60. The number of hydrogen-bond acceptors (Lipinski definition) is 3. The van der Waals surface area contributed by atoms with Crippen molar-refractivity contribution < 1.29 is 9.84 Å². The van der Waals surface area contributed by atoms with Crippen molar-refractivity contribution in [1.29, 1.82) is 0 Å². The van der Waals surface area contributed by atoms with Gasteiger partial charge in [0, 0.05) is 6.04 Å². The Kier molecular flexibility index (Phi) is 5.44. The van der Waals surface area contributed by atoms with Gasteiger partial charge in [-0.3, -0.25) is 0 Å². The highest BCUT2D eigenvalue weighted by Crippen LogP contribution is 2.28. The third-order valence-corrected chi connectivity index (χ3v) is 4.10. The molecule has 0 bridgehead atoms. The molecule has 3 atom stereocenters. The van der Waals surface area contributed by atoms with Crippen molar-refractivity contribution in [3.8, 4) is 5.75 Å². The Labute approximate surface area is 122 Å². The summed E-state index contributed by atoms with van der Waals surface area (Å²) < 4.78 is 5.63. The standard InChI is InChI=1S/C17H27NO2/c1-4-13-9-10-18-16(11-13)17(19)14-5-7-15(8-6-14)20-12(2)3/h5-8,12-13,16-19H,4,9-11H2,1-3H3. The smallest absolute Gasteiger partial charge is 0.119 e. The molecule has 3 heteroatoms. The van der Waals surface area contributed by atoms with Crippen LogP contribution in [0.5, 0.6) is 5.75 Å². The maximum Gasteiger partial charge on any atom is 0.119 e. The molecule has 0 saturated carbocycles. The number of benzene rings is 1. The fourth-order valence-corrected chi connectivity index (χ4v) is 2.89. The molecule has 0 radical (unpaired) electrons. The van der Waals surface area contributed by atoms with E-state index in [9.17, 15) is 5.11 Å². The van der Waals surface area contributed by atoms with Crippen LogP contribution in [0.2, 0.25) is 0 Å². The fourth-order valence-electron chi connectivity index (χ4n) is 2.89. The van der Waals surface area contributed by atoms with Gasteiger partial charge in [-0.2, -0.15) is 0 Å². The van der Waals surface area contributed by atoms with Crippen LogP contribution in [0.4, 0.5) is 0 Å². The highest BCUT2D eigenvalue weighted by molar-refractivity contribution is 5.29. The topological polar surface area (TPSA) is 41.5 Å². The van der Waals surface area contributed by atoms with Gasteiger partial charge in [0.15, 0.2) is 0 Å². The lowest BCUT2D eigenvalue weighted by Gasteiger charge is -2.33. The molecule has 0 aromatic heterocycles. The van der Waals surface area contributed by atoms with Crippen LogP contribution in [-0.2, 0) is 0 Å². The molecule has 20 heavy (non-hydrogen) atoms. The molecular weight excluding hydrogens is 250 g/mol. The van der Waals surface area contributed by atoms with Crippen LogP contribution in [0, 0.1) is 5.92 Å². The van der Waals surface area contributed by atoms with Crippen LogP contribution in [0.3, 0.4) is 0 Å². The Morgan fingerprint density at radius 3 is 2.60 bits per heavy atom. The Balaban J connectivity index is 1.99. The molecule has 1 aliphatic heterocycles. The molecule has 1 fully saturated rings. The van der Waals surface area contributed by atoms with Crippen molar-refractivity contribution in [1.82, 2.24) is 5.32 Å². The van der Waals surface area contributed by atoms with Gasteiger partial charge in [0.2, 0.25) is 0 Å². The first kappa shape index (κ1) is 15.3. The second-order valence-electron chi connectivity index (χ2n) is 6.04. The molecule has 0 spiro atoms. The van der Waals surface area contributed by atoms with E-state index in [2.05, 4.69) is 12.2 Å². The van der Waals surface area contributed by atoms with E-state index in [0.29, 0.717) is 0 Å². The summed E-state index contributed by atoms with van der Waals surface area (Å²) in [5.74, 6) is 1.60. The normalized spacial score (nSPS) is 24.6. The molecule has 2 rings (SSSR count). The summed E-state index contributed by atoms with van der Waals surface area (Å²) in [5.41, 5.74) is 0.968. The van der Waals surface area contributed by atoms with Gasteiger partial charge in [-0.05, 0) is 56.8 Å². The van der Waals surface area contributed by atoms with Crippen molar-refractivity contribution in [2.24, 2.45) is 5.92 Å². The van der Waals surface area contributed by atoms with Crippen LogP contribution >= 0.6 is 0 Å². The van der Waals surface area contributed by atoms with E-state index < -0.39 is 6.10 Å². The summed E-state index contributed by atoms with van der Waals surface area (Å²) in [6, 6.07) is 8.00. The van der Waals surface area contributed by atoms with Crippen molar-refractivity contribution in [3.63, 3.8) is 0 Å². The molecule has 2 N–H and O–H groups in total. The molecule has 1 heterocycles. The molecule has 3 unspecified atom stereocenters. The van der Waals surface area contributed by atoms with Crippen molar-refractivity contribution in [2.75, 3.05) is 6.54 Å². The number of rotatable bonds is 5. The summed E-state index contributed by atoms with van der Waals surface area (Å²) in [7, 11) is 0. The van der Waals surface area contributed by atoms with Crippen LogP contribution in [0.15, 0.2) is 24.3 Å². The van der Waals surface area contributed by atoms with Crippen LogP contribution in [-0.4, -0.2) is 23.8 Å². The minimum absolute atomic E-state index is 0.172. The van der Waals surface area contributed by atoms with E-state index in [4.69, 9.17) is 4.74 Å². The molecule has 3 nitrogen and oxygen atoms in total. The number of ether oxygens (including phenoxy) is 1. The van der Waals surface area contributed by atoms with Gasteiger partial charge in [0.05, 0.1) is 12.2 Å². The second-order valence-corrected chi connectivity index (χ2v) is 6.04. The average Bonchev–Trinajstić information content (AvgIpc) is 2.47.